The van der Waals surface area contributed by atoms with Gasteiger partial charge in [0.05, 0.1) is 6.42 Å². The molecule has 3 nitrogen and oxygen atoms in total. The molecule has 0 unspecified atom stereocenters. The Balaban J connectivity index is 0.000000224. The first-order chi connectivity index (χ1) is 10.6. The molecule has 2 rings (SSSR count). The molecule has 0 saturated carbocycles. The molecule has 0 saturated heterocycles. The Hall–Kier alpha value is -1.78. The summed E-state index contributed by atoms with van der Waals surface area (Å²) in [6.07, 6.45) is 0.112. The number of nitrogens with zero attached hydrogens (tertiary/aromatic N) is 1. The fourth-order valence-corrected chi connectivity index (χ4v) is 2.37. The Morgan fingerprint density at radius 2 is 1.50 bits per heavy atom. The lowest BCUT2D eigenvalue weighted by molar-refractivity contribution is -0.136. The van der Waals surface area contributed by atoms with Crippen LogP contribution in [0.4, 0.5) is 0 Å². The summed E-state index contributed by atoms with van der Waals surface area (Å²) in [5, 5.41) is 8.37. The molecule has 22 heavy (non-hydrogen) atoms. The minimum absolute atomic E-state index is 0.112. The molecule has 0 aliphatic carbocycles. The Labute approximate surface area is 137 Å². The van der Waals surface area contributed by atoms with Gasteiger partial charge in [-0.25, -0.2) is 0 Å². The van der Waals surface area contributed by atoms with Crippen LogP contribution in [0.2, 0.25) is 0 Å². The van der Waals surface area contributed by atoms with Gasteiger partial charge >= 0.3 is 5.97 Å². The van der Waals surface area contributed by atoms with Gasteiger partial charge in [0, 0.05) is 12.3 Å². The average Bonchev–Trinajstić information content (AvgIpc) is 2.54. The van der Waals surface area contributed by atoms with E-state index in [0.717, 1.165) is 17.9 Å². The van der Waals surface area contributed by atoms with Crippen molar-refractivity contribution in [2.45, 2.75) is 19.1 Å². The lowest BCUT2D eigenvalue weighted by Crippen LogP contribution is -2.07. The Bertz CT molecular complexity index is 531. The summed E-state index contributed by atoms with van der Waals surface area (Å²) < 4.78 is 2.24. The highest BCUT2D eigenvalue weighted by Gasteiger charge is 1.97. The zero-order chi connectivity index (χ0) is 16.2. The van der Waals surface area contributed by atoms with E-state index in [-0.39, 0.29) is 6.42 Å². The van der Waals surface area contributed by atoms with Crippen LogP contribution in [0.3, 0.4) is 0 Å². The van der Waals surface area contributed by atoms with Crippen LogP contribution in [0.1, 0.15) is 18.1 Å². The molecule has 0 bridgehead atoms. The van der Waals surface area contributed by atoms with Crippen LogP contribution in [0.15, 0.2) is 60.7 Å². The summed E-state index contributed by atoms with van der Waals surface area (Å²) in [6, 6.07) is 19.7. The van der Waals surface area contributed by atoms with Gasteiger partial charge in [-0.05, 0) is 18.2 Å². The van der Waals surface area contributed by atoms with Crippen molar-refractivity contribution < 1.29 is 9.90 Å². The molecule has 0 radical (unpaired) electrons. The standard InChI is InChI=1S/C10H15NS.C8H8O2/c1-3-11(2)12-9-10-7-5-4-6-8-10;9-8(10)6-7-4-2-1-3-5-7/h4-8H,3,9H2,1-2H3;1-5H,6H2,(H,9,10). The first kappa shape index (κ1) is 18.3. The SMILES string of the molecule is CCN(C)SCc1ccccc1.O=C(O)Cc1ccccc1. The second-order valence-electron chi connectivity index (χ2n) is 4.76. The smallest absolute Gasteiger partial charge is 0.307 e. The molecule has 2 aromatic carbocycles. The molecule has 0 aliphatic heterocycles. The lowest BCUT2D eigenvalue weighted by atomic mass is 10.2. The topological polar surface area (TPSA) is 40.5 Å². The van der Waals surface area contributed by atoms with Crippen molar-refractivity contribution in [3.05, 3.63) is 71.8 Å². The van der Waals surface area contributed by atoms with E-state index in [2.05, 4.69) is 48.6 Å². The van der Waals surface area contributed by atoms with Crippen molar-refractivity contribution >= 4 is 17.9 Å². The van der Waals surface area contributed by atoms with Crippen LogP contribution in [-0.2, 0) is 17.0 Å². The first-order valence-corrected chi connectivity index (χ1v) is 8.19. The van der Waals surface area contributed by atoms with Crippen molar-refractivity contribution in [1.82, 2.24) is 4.31 Å². The maximum Gasteiger partial charge on any atom is 0.307 e. The molecule has 0 heterocycles. The van der Waals surface area contributed by atoms with Crippen molar-refractivity contribution in [3.8, 4) is 0 Å². The summed E-state index contributed by atoms with van der Waals surface area (Å²) in [4.78, 5) is 10.2. The van der Waals surface area contributed by atoms with Crippen LogP contribution < -0.4 is 0 Å². The zero-order valence-electron chi connectivity index (χ0n) is 13.1. The first-order valence-electron chi connectivity index (χ1n) is 7.25. The van der Waals surface area contributed by atoms with E-state index in [4.69, 9.17) is 5.11 Å². The Kier molecular flexibility index (Phi) is 9.03. The minimum Gasteiger partial charge on any atom is -0.481 e. The molecule has 118 valence electrons. The Morgan fingerprint density at radius 1 is 1.00 bits per heavy atom. The number of hydrogen-bond donors (Lipinski definition) is 1. The van der Waals surface area contributed by atoms with Crippen molar-refractivity contribution in [2.75, 3.05) is 13.6 Å². The molecule has 0 fully saturated rings. The number of benzene rings is 2. The third-order valence-electron chi connectivity index (χ3n) is 2.94. The van der Waals surface area contributed by atoms with E-state index in [1.807, 2.05) is 30.1 Å². The number of aliphatic carboxylic acids is 1. The van der Waals surface area contributed by atoms with Crippen LogP contribution in [0, 0.1) is 0 Å². The summed E-state index contributed by atoms with van der Waals surface area (Å²) in [5.41, 5.74) is 2.23. The second-order valence-corrected chi connectivity index (χ2v) is 5.93. The second kappa shape index (κ2) is 10.9. The van der Waals surface area contributed by atoms with Crippen LogP contribution in [0.25, 0.3) is 0 Å². The third-order valence-corrected chi connectivity index (χ3v) is 4.10. The van der Waals surface area contributed by atoms with Gasteiger partial charge in [0.15, 0.2) is 0 Å². The fourth-order valence-electron chi connectivity index (χ4n) is 1.62. The maximum atomic E-state index is 10.2. The number of carboxylic acid groups (broad SMARTS) is 1. The van der Waals surface area contributed by atoms with E-state index >= 15 is 0 Å². The molecule has 0 spiro atoms. The van der Waals surface area contributed by atoms with Gasteiger partial charge in [-0.1, -0.05) is 79.5 Å². The summed E-state index contributed by atoms with van der Waals surface area (Å²) in [5.74, 6) is 0.289. The third kappa shape index (κ3) is 8.49. The van der Waals surface area contributed by atoms with Gasteiger partial charge in [0.1, 0.15) is 0 Å². The minimum atomic E-state index is -0.786. The predicted molar refractivity (Wildman–Crippen MR) is 93.8 cm³/mol. The monoisotopic (exact) mass is 317 g/mol. The van der Waals surface area contributed by atoms with Crippen molar-refractivity contribution in [3.63, 3.8) is 0 Å². The summed E-state index contributed by atoms with van der Waals surface area (Å²) >= 11 is 1.86. The number of carboxylic acids is 1. The van der Waals surface area contributed by atoms with Crippen LogP contribution in [0.5, 0.6) is 0 Å². The highest BCUT2D eigenvalue weighted by atomic mass is 32.2. The molecule has 1 N–H and O–H groups in total. The van der Waals surface area contributed by atoms with Gasteiger partial charge in [-0.3, -0.25) is 9.10 Å². The number of hydrogen-bond acceptors (Lipinski definition) is 3. The lowest BCUT2D eigenvalue weighted by Gasteiger charge is -2.11. The van der Waals surface area contributed by atoms with Gasteiger partial charge in [0.25, 0.3) is 0 Å². The normalized spacial score (nSPS) is 9.95. The van der Waals surface area contributed by atoms with Gasteiger partial charge in [0.2, 0.25) is 0 Å². The number of carbonyl (C=O) groups is 1. The largest absolute Gasteiger partial charge is 0.481 e. The van der Waals surface area contributed by atoms with E-state index in [1.165, 1.54) is 5.56 Å². The summed E-state index contributed by atoms with van der Waals surface area (Å²) in [7, 11) is 2.12. The van der Waals surface area contributed by atoms with Gasteiger partial charge in [-0.2, -0.15) is 0 Å². The van der Waals surface area contributed by atoms with E-state index in [0.29, 0.717) is 0 Å². The Morgan fingerprint density at radius 3 is 1.95 bits per heavy atom. The highest BCUT2D eigenvalue weighted by molar-refractivity contribution is 7.96. The molecule has 2 aromatic rings. The van der Waals surface area contributed by atoms with E-state index in [9.17, 15) is 4.79 Å². The number of rotatable bonds is 6. The van der Waals surface area contributed by atoms with Gasteiger partial charge in [-0.15, -0.1) is 0 Å². The fraction of sp³-hybridized carbons (Fsp3) is 0.278. The van der Waals surface area contributed by atoms with Crippen LogP contribution in [-0.4, -0.2) is 29.0 Å². The molecule has 0 amide bonds. The highest BCUT2D eigenvalue weighted by Crippen LogP contribution is 2.13. The molecule has 4 heteroatoms. The predicted octanol–water partition coefficient (Wildman–Crippen LogP) is 4.10. The quantitative estimate of drug-likeness (QED) is 0.814. The summed E-state index contributed by atoms with van der Waals surface area (Å²) in [6.45, 7) is 3.26. The molecule has 0 atom stereocenters. The van der Waals surface area contributed by atoms with Crippen molar-refractivity contribution in [1.29, 1.82) is 0 Å². The molecular formula is C18H23NO2S. The van der Waals surface area contributed by atoms with Crippen LogP contribution >= 0.6 is 11.9 Å². The van der Waals surface area contributed by atoms with E-state index < -0.39 is 5.97 Å². The maximum absolute atomic E-state index is 10.2. The average molecular weight is 317 g/mol. The van der Waals surface area contributed by atoms with Gasteiger partial charge < -0.3 is 5.11 Å². The molecule has 0 aliphatic rings. The molecular weight excluding hydrogens is 294 g/mol. The van der Waals surface area contributed by atoms with E-state index in [1.54, 1.807) is 12.1 Å². The van der Waals surface area contributed by atoms with Crippen molar-refractivity contribution in [2.24, 2.45) is 0 Å². The zero-order valence-corrected chi connectivity index (χ0v) is 13.9. The molecule has 0 aromatic heterocycles.